The molecule has 1 saturated carbocycles. The highest BCUT2D eigenvalue weighted by molar-refractivity contribution is 5.82. The molecule has 21 heavy (non-hydrogen) atoms. The molecule has 114 valence electrons. The topological polar surface area (TPSA) is 45.2 Å². The van der Waals surface area contributed by atoms with E-state index in [9.17, 15) is 4.79 Å². The van der Waals surface area contributed by atoms with Gasteiger partial charge in [0.05, 0.1) is 18.3 Å². The normalized spacial score (nSPS) is 28.1. The highest BCUT2D eigenvalue weighted by Gasteiger charge is 2.39. The highest BCUT2D eigenvalue weighted by atomic mass is 16.2. The Labute approximate surface area is 126 Å². The third kappa shape index (κ3) is 3.26. The summed E-state index contributed by atoms with van der Waals surface area (Å²) >= 11 is 0. The van der Waals surface area contributed by atoms with Crippen LogP contribution in [0, 0.1) is 5.92 Å². The van der Waals surface area contributed by atoms with Crippen LogP contribution in [0.1, 0.15) is 44.7 Å². The van der Waals surface area contributed by atoms with Crippen molar-refractivity contribution in [3.8, 4) is 0 Å². The quantitative estimate of drug-likeness (QED) is 0.924. The van der Waals surface area contributed by atoms with Crippen molar-refractivity contribution in [2.75, 3.05) is 6.54 Å². The van der Waals surface area contributed by atoms with E-state index in [1.54, 1.807) is 6.20 Å². The fraction of sp³-hybridized carbons (Fsp3) is 0.647. The Balaban J connectivity index is 1.63. The summed E-state index contributed by atoms with van der Waals surface area (Å²) in [5, 5.41) is 3.58. The lowest BCUT2D eigenvalue weighted by Crippen LogP contribution is -2.45. The van der Waals surface area contributed by atoms with Crippen molar-refractivity contribution in [1.82, 2.24) is 15.2 Å². The minimum absolute atomic E-state index is 0.0155. The number of carbonyl (C=O) groups is 1. The number of pyridine rings is 1. The fourth-order valence-electron chi connectivity index (χ4n) is 3.76. The van der Waals surface area contributed by atoms with Crippen molar-refractivity contribution in [1.29, 1.82) is 0 Å². The smallest absolute Gasteiger partial charge is 0.240 e. The van der Waals surface area contributed by atoms with Gasteiger partial charge >= 0.3 is 0 Å². The maximum atomic E-state index is 12.8. The first kappa shape index (κ1) is 14.5. The molecule has 4 heteroatoms. The molecular formula is C17H25N3O. The zero-order valence-corrected chi connectivity index (χ0v) is 12.8. The van der Waals surface area contributed by atoms with Gasteiger partial charge in [-0.05, 0) is 44.2 Å². The van der Waals surface area contributed by atoms with Gasteiger partial charge in [-0.1, -0.05) is 18.9 Å². The third-order valence-electron chi connectivity index (χ3n) is 4.93. The summed E-state index contributed by atoms with van der Waals surface area (Å²) in [5.74, 6) is 0.957. The van der Waals surface area contributed by atoms with E-state index in [0.717, 1.165) is 18.7 Å². The van der Waals surface area contributed by atoms with Crippen molar-refractivity contribution >= 4 is 5.91 Å². The Kier molecular flexibility index (Phi) is 4.54. The minimum atomic E-state index is 0.0155. The molecule has 4 nitrogen and oxygen atoms in total. The average Bonchev–Trinajstić information content (AvgIpc) is 2.97. The number of amides is 1. The molecule has 1 amide bonds. The Morgan fingerprint density at radius 1 is 1.38 bits per heavy atom. The van der Waals surface area contributed by atoms with Crippen LogP contribution in [0.2, 0.25) is 0 Å². The molecule has 1 aromatic rings. The number of aromatic nitrogens is 1. The molecule has 3 unspecified atom stereocenters. The maximum absolute atomic E-state index is 12.8. The summed E-state index contributed by atoms with van der Waals surface area (Å²) in [6, 6.07) is 6.45. The summed E-state index contributed by atoms with van der Waals surface area (Å²) in [5.41, 5.74) is 0.961. The van der Waals surface area contributed by atoms with Crippen molar-refractivity contribution in [3.05, 3.63) is 30.1 Å². The molecule has 1 N–H and O–H groups in total. The first-order valence-electron chi connectivity index (χ1n) is 8.22. The van der Waals surface area contributed by atoms with Crippen molar-refractivity contribution in [3.63, 3.8) is 0 Å². The summed E-state index contributed by atoms with van der Waals surface area (Å²) in [6.07, 6.45) is 7.96. The molecule has 2 fully saturated rings. The number of fused-ring (bicyclic) bond motifs is 1. The van der Waals surface area contributed by atoms with E-state index < -0.39 is 0 Å². The van der Waals surface area contributed by atoms with Crippen LogP contribution < -0.4 is 5.32 Å². The van der Waals surface area contributed by atoms with Crippen LogP contribution in [-0.2, 0) is 11.3 Å². The molecule has 0 radical (unpaired) electrons. The van der Waals surface area contributed by atoms with Gasteiger partial charge in [0.15, 0.2) is 0 Å². The molecule has 3 atom stereocenters. The number of hydrogen-bond acceptors (Lipinski definition) is 3. The number of hydrogen-bond donors (Lipinski definition) is 1. The van der Waals surface area contributed by atoms with E-state index in [1.807, 2.05) is 30.0 Å². The van der Waals surface area contributed by atoms with Gasteiger partial charge in [0.1, 0.15) is 0 Å². The second-order valence-corrected chi connectivity index (χ2v) is 6.28. The molecule has 2 heterocycles. The monoisotopic (exact) mass is 287 g/mol. The molecule has 1 saturated heterocycles. The molecule has 3 rings (SSSR count). The van der Waals surface area contributed by atoms with E-state index in [2.05, 4.69) is 10.3 Å². The van der Waals surface area contributed by atoms with E-state index in [0.29, 0.717) is 18.5 Å². The number of nitrogens with one attached hydrogen (secondary N) is 1. The maximum Gasteiger partial charge on any atom is 0.240 e. The zero-order valence-electron chi connectivity index (χ0n) is 12.8. The van der Waals surface area contributed by atoms with E-state index in [1.165, 1.54) is 25.7 Å². The lowest BCUT2D eigenvalue weighted by Gasteiger charge is -2.25. The standard InChI is InChI=1S/C17H25N3O/c1-2-20(12-14-8-5-6-10-18-14)17(21)16-11-13-7-3-4-9-15(13)19-16/h5-6,8,10,13,15-16,19H,2-4,7,9,11-12H2,1H3. The van der Waals surface area contributed by atoms with Gasteiger partial charge in [0.2, 0.25) is 5.91 Å². The summed E-state index contributed by atoms with van der Waals surface area (Å²) in [7, 11) is 0. The average molecular weight is 287 g/mol. The number of likely N-dealkylation sites (N-methyl/N-ethyl adjacent to an activating group) is 1. The largest absolute Gasteiger partial charge is 0.336 e. The van der Waals surface area contributed by atoms with Crippen LogP contribution in [-0.4, -0.2) is 34.4 Å². The lowest BCUT2D eigenvalue weighted by molar-refractivity contribution is -0.133. The second-order valence-electron chi connectivity index (χ2n) is 6.28. The van der Waals surface area contributed by atoms with Crippen molar-refractivity contribution in [2.45, 2.75) is 57.7 Å². The molecule has 0 aromatic carbocycles. The van der Waals surface area contributed by atoms with Crippen LogP contribution >= 0.6 is 0 Å². The Hall–Kier alpha value is -1.42. The van der Waals surface area contributed by atoms with Gasteiger partial charge < -0.3 is 10.2 Å². The summed E-state index contributed by atoms with van der Waals surface area (Å²) in [4.78, 5) is 19.0. The molecule has 1 aliphatic heterocycles. The van der Waals surface area contributed by atoms with Crippen molar-refractivity contribution in [2.24, 2.45) is 5.92 Å². The van der Waals surface area contributed by atoms with Gasteiger partial charge in [-0.3, -0.25) is 9.78 Å². The van der Waals surface area contributed by atoms with Crippen LogP contribution in [0.4, 0.5) is 0 Å². The zero-order chi connectivity index (χ0) is 14.7. The van der Waals surface area contributed by atoms with Gasteiger partial charge in [-0.25, -0.2) is 0 Å². The van der Waals surface area contributed by atoms with Crippen LogP contribution in [0.3, 0.4) is 0 Å². The molecule has 2 aliphatic rings. The van der Waals surface area contributed by atoms with Gasteiger partial charge in [0, 0.05) is 18.8 Å². The lowest BCUT2D eigenvalue weighted by atomic mass is 9.85. The van der Waals surface area contributed by atoms with E-state index in [-0.39, 0.29) is 11.9 Å². The molecule has 0 bridgehead atoms. The second kappa shape index (κ2) is 6.56. The van der Waals surface area contributed by atoms with Gasteiger partial charge in [-0.2, -0.15) is 0 Å². The van der Waals surface area contributed by atoms with Gasteiger partial charge in [0.25, 0.3) is 0 Å². The molecule has 0 spiro atoms. The Bertz CT molecular complexity index is 462. The Morgan fingerprint density at radius 2 is 2.24 bits per heavy atom. The van der Waals surface area contributed by atoms with Gasteiger partial charge in [-0.15, -0.1) is 0 Å². The van der Waals surface area contributed by atoms with E-state index in [4.69, 9.17) is 0 Å². The Morgan fingerprint density at radius 3 is 2.95 bits per heavy atom. The molecule has 1 aliphatic carbocycles. The predicted octanol–water partition coefficient (Wildman–Crippen LogP) is 2.35. The molecule has 1 aromatic heterocycles. The summed E-state index contributed by atoms with van der Waals surface area (Å²) < 4.78 is 0. The molecular weight excluding hydrogens is 262 g/mol. The first-order valence-corrected chi connectivity index (χ1v) is 8.22. The fourth-order valence-corrected chi connectivity index (χ4v) is 3.76. The van der Waals surface area contributed by atoms with Crippen LogP contribution in [0.25, 0.3) is 0 Å². The minimum Gasteiger partial charge on any atom is -0.336 e. The predicted molar refractivity (Wildman–Crippen MR) is 82.6 cm³/mol. The third-order valence-corrected chi connectivity index (χ3v) is 4.93. The van der Waals surface area contributed by atoms with Crippen molar-refractivity contribution < 1.29 is 4.79 Å². The van der Waals surface area contributed by atoms with Crippen LogP contribution in [0.15, 0.2) is 24.4 Å². The highest BCUT2D eigenvalue weighted by Crippen LogP contribution is 2.33. The summed E-state index contributed by atoms with van der Waals surface area (Å²) in [6.45, 7) is 3.40. The first-order chi connectivity index (χ1) is 10.3. The van der Waals surface area contributed by atoms with E-state index >= 15 is 0 Å². The number of nitrogens with zero attached hydrogens (tertiary/aromatic N) is 2. The van der Waals surface area contributed by atoms with Crippen LogP contribution in [0.5, 0.6) is 0 Å². The number of rotatable bonds is 4. The number of carbonyl (C=O) groups excluding carboxylic acids is 1. The SMILES string of the molecule is CCN(Cc1ccccn1)C(=O)C1CC2CCCCC2N1.